The van der Waals surface area contributed by atoms with Gasteiger partial charge in [-0.25, -0.2) is 0 Å². The fraction of sp³-hybridized carbons (Fsp3) is 0.200. The number of para-hydroxylation sites is 1. The fourth-order valence-corrected chi connectivity index (χ4v) is 4.36. The van der Waals surface area contributed by atoms with Crippen molar-refractivity contribution in [1.29, 1.82) is 0 Å². The molecule has 0 aliphatic carbocycles. The molecule has 0 spiro atoms. The van der Waals surface area contributed by atoms with Gasteiger partial charge in [0, 0.05) is 17.0 Å². The van der Waals surface area contributed by atoms with Gasteiger partial charge < -0.3 is 13.7 Å². The van der Waals surface area contributed by atoms with Crippen molar-refractivity contribution in [1.82, 2.24) is 4.57 Å². The van der Waals surface area contributed by atoms with Crippen LogP contribution in [0.2, 0.25) is 5.02 Å². The van der Waals surface area contributed by atoms with E-state index in [1.165, 1.54) is 11.3 Å². The van der Waals surface area contributed by atoms with Crippen molar-refractivity contribution in [3.63, 3.8) is 0 Å². The number of benzene rings is 2. The maximum atomic E-state index is 12.7. The van der Waals surface area contributed by atoms with Crippen LogP contribution in [0.4, 0.5) is 0 Å². The molecule has 5 nitrogen and oxygen atoms in total. The van der Waals surface area contributed by atoms with Crippen LogP contribution in [0.1, 0.15) is 24.4 Å². The molecule has 2 aromatic heterocycles. The van der Waals surface area contributed by atoms with Gasteiger partial charge in [0.2, 0.25) is 0 Å². The van der Waals surface area contributed by atoms with E-state index in [2.05, 4.69) is 4.99 Å². The highest BCUT2D eigenvalue weighted by Crippen LogP contribution is 2.29. The molecule has 27 heavy (non-hydrogen) atoms. The first-order chi connectivity index (χ1) is 13.1. The van der Waals surface area contributed by atoms with E-state index >= 15 is 0 Å². The number of furan rings is 1. The van der Waals surface area contributed by atoms with Crippen LogP contribution in [0.25, 0.3) is 21.2 Å². The lowest BCUT2D eigenvalue weighted by Crippen LogP contribution is -2.15. The van der Waals surface area contributed by atoms with Crippen molar-refractivity contribution < 1.29 is 13.9 Å². The lowest BCUT2D eigenvalue weighted by atomic mass is 10.2. The molecule has 0 saturated heterocycles. The molecule has 0 radical (unpaired) electrons. The second-order valence-electron chi connectivity index (χ2n) is 5.88. The monoisotopic (exact) mass is 400 g/mol. The van der Waals surface area contributed by atoms with Gasteiger partial charge >= 0.3 is 5.91 Å². The second kappa shape index (κ2) is 7.21. The molecule has 0 saturated carbocycles. The van der Waals surface area contributed by atoms with Crippen molar-refractivity contribution in [2.24, 2.45) is 4.99 Å². The van der Waals surface area contributed by atoms with E-state index in [9.17, 15) is 4.79 Å². The van der Waals surface area contributed by atoms with Crippen molar-refractivity contribution >= 4 is 50.0 Å². The summed E-state index contributed by atoms with van der Waals surface area (Å²) in [5.74, 6) is 0.387. The molecule has 7 heteroatoms. The molecule has 4 aromatic rings. The van der Waals surface area contributed by atoms with E-state index in [0.717, 1.165) is 15.6 Å². The Morgan fingerprint density at radius 1 is 1.26 bits per heavy atom. The van der Waals surface area contributed by atoms with Crippen LogP contribution >= 0.6 is 22.9 Å². The molecular formula is C20H17ClN2O3S. The standard InChI is InChI=1S/C20H17ClN2O3S/c1-3-23-14-9-8-13(21)11-17(14)27-20(23)22-19(24)16-10-12-6-5-7-15(25-4-2)18(12)26-16/h5-11H,3-4H2,1-2H3. The third kappa shape index (κ3) is 3.26. The van der Waals surface area contributed by atoms with Crippen molar-refractivity contribution in [3.05, 3.63) is 58.0 Å². The first-order valence-corrected chi connectivity index (χ1v) is 9.83. The van der Waals surface area contributed by atoms with Gasteiger partial charge in [-0.3, -0.25) is 4.79 Å². The first-order valence-electron chi connectivity index (χ1n) is 8.64. The summed E-state index contributed by atoms with van der Waals surface area (Å²) >= 11 is 7.51. The van der Waals surface area contributed by atoms with Crippen LogP contribution in [0.5, 0.6) is 5.75 Å². The maximum Gasteiger partial charge on any atom is 0.315 e. The van der Waals surface area contributed by atoms with Crippen molar-refractivity contribution in [3.8, 4) is 5.75 Å². The van der Waals surface area contributed by atoms with Gasteiger partial charge in [0.25, 0.3) is 0 Å². The van der Waals surface area contributed by atoms with Crippen LogP contribution in [0, 0.1) is 0 Å². The van der Waals surface area contributed by atoms with Crippen molar-refractivity contribution in [2.45, 2.75) is 20.4 Å². The summed E-state index contributed by atoms with van der Waals surface area (Å²) in [5, 5.41) is 1.47. The molecule has 138 valence electrons. The van der Waals surface area contributed by atoms with Gasteiger partial charge in [-0.2, -0.15) is 4.99 Å². The Kier molecular flexibility index (Phi) is 4.76. The highest BCUT2D eigenvalue weighted by Gasteiger charge is 2.15. The fourth-order valence-electron chi connectivity index (χ4n) is 2.99. The number of hydrogen-bond acceptors (Lipinski definition) is 4. The number of ether oxygens (including phenoxy) is 1. The van der Waals surface area contributed by atoms with Gasteiger partial charge in [-0.05, 0) is 44.2 Å². The van der Waals surface area contributed by atoms with Crippen LogP contribution in [0.3, 0.4) is 0 Å². The minimum Gasteiger partial charge on any atom is -0.490 e. The number of rotatable bonds is 4. The number of carbonyl (C=O) groups excluding carboxylic acids is 1. The van der Waals surface area contributed by atoms with Crippen LogP contribution < -0.4 is 9.54 Å². The molecule has 0 aliphatic heterocycles. The summed E-state index contributed by atoms with van der Waals surface area (Å²) in [4.78, 5) is 17.6. The molecule has 0 unspecified atom stereocenters. The zero-order valence-electron chi connectivity index (χ0n) is 14.9. The number of thiazole rings is 1. The highest BCUT2D eigenvalue weighted by molar-refractivity contribution is 7.16. The molecule has 0 bridgehead atoms. The predicted octanol–water partition coefficient (Wildman–Crippen LogP) is 5.26. The lowest BCUT2D eigenvalue weighted by molar-refractivity contribution is 0.0973. The van der Waals surface area contributed by atoms with Crippen LogP contribution in [-0.4, -0.2) is 17.1 Å². The van der Waals surface area contributed by atoms with E-state index in [4.69, 9.17) is 20.8 Å². The normalized spacial score (nSPS) is 12.2. The van der Waals surface area contributed by atoms with E-state index in [1.54, 1.807) is 6.07 Å². The molecule has 4 rings (SSSR count). The largest absolute Gasteiger partial charge is 0.490 e. The van der Waals surface area contributed by atoms with Gasteiger partial charge in [0.15, 0.2) is 21.9 Å². The number of aryl methyl sites for hydroxylation is 1. The Hall–Kier alpha value is -2.57. The molecule has 0 fully saturated rings. The number of aromatic nitrogens is 1. The van der Waals surface area contributed by atoms with Gasteiger partial charge in [-0.15, -0.1) is 0 Å². The lowest BCUT2D eigenvalue weighted by Gasteiger charge is -2.02. The zero-order valence-corrected chi connectivity index (χ0v) is 16.4. The summed E-state index contributed by atoms with van der Waals surface area (Å²) < 4.78 is 14.3. The third-order valence-corrected chi connectivity index (χ3v) is 5.45. The molecule has 1 amide bonds. The highest BCUT2D eigenvalue weighted by atomic mass is 35.5. The van der Waals surface area contributed by atoms with Crippen LogP contribution in [0.15, 0.2) is 51.9 Å². The average molecular weight is 401 g/mol. The molecule has 2 aromatic carbocycles. The zero-order chi connectivity index (χ0) is 19.0. The quantitative estimate of drug-likeness (QED) is 0.469. The van der Waals surface area contributed by atoms with Crippen LogP contribution in [-0.2, 0) is 6.54 Å². The molecule has 0 atom stereocenters. The smallest absolute Gasteiger partial charge is 0.315 e. The Morgan fingerprint density at radius 2 is 2.11 bits per heavy atom. The average Bonchev–Trinajstić information content (AvgIpc) is 3.23. The molecular weight excluding hydrogens is 384 g/mol. The van der Waals surface area contributed by atoms with E-state index in [1.807, 2.05) is 54.8 Å². The summed E-state index contributed by atoms with van der Waals surface area (Å²) in [6.07, 6.45) is 0. The van der Waals surface area contributed by atoms with E-state index < -0.39 is 5.91 Å². The topological polar surface area (TPSA) is 56.7 Å². The first kappa shape index (κ1) is 17.8. The number of fused-ring (bicyclic) bond motifs is 2. The van der Waals surface area contributed by atoms with Gasteiger partial charge in [0.1, 0.15) is 0 Å². The number of hydrogen-bond donors (Lipinski definition) is 0. The second-order valence-corrected chi connectivity index (χ2v) is 7.32. The molecule has 2 heterocycles. The molecule has 0 N–H and O–H groups in total. The Morgan fingerprint density at radius 3 is 2.89 bits per heavy atom. The third-order valence-electron chi connectivity index (χ3n) is 4.18. The van der Waals surface area contributed by atoms with Crippen molar-refractivity contribution in [2.75, 3.05) is 6.61 Å². The molecule has 0 aliphatic rings. The Bertz CT molecular complexity index is 1220. The van der Waals surface area contributed by atoms with E-state index in [-0.39, 0.29) is 5.76 Å². The number of halogens is 1. The SMILES string of the molecule is CCOc1cccc2cc(C(=O)N=c3sc4cc(Cl)ccc4n3CC)oc12. The van der Waals surface area contributed by atoms with Gasteiger partial charge in [0.05, 0.1) is 16.8 Å². The van der Waals surface area contributed by atoms with Gasteiger partial charge in [-0.1, -0.05) is 35.1 Å². The predicted molar refractivity (Wildman–Crippen MR) is 108 cm³/mol. The number of nitrogens with zero attached hydrogens (tertiary/aromatic N) is 2. The summed E-state index contributed by atoms with van der Waals surface area (Å²) in [5.41, 5.74) is 1.56. The number of amides is 1. The maximum absolute atomic E-state index is 12.7. The summed E-state index contributed by atoms with van der Waals surface area (Å²) in [6.45, 7) is 5.14. The van der Waals surface area contributed by atoms with E-state index in [0.29, 0.717) is 34.3 Å². The minimum absolute atomic E-state index is 0.190. The summed E-state index contributed by atoms with van der Waals surface area (Å²) in [7, 11) is 0. The Balaban J connectivity index is 1.81. The minimum atomic E-state index is -0.423. The Labute approximate surface area is 164 Å². The summed E-state index contributed by atoms with van der Waals surface area (Å²) in [6, 6.07) is 12.9. The number of carbonyl (C=O) groups is 1.